The van der Waals surface area contributed by atoms with E-state index >= 15 is 0 Å². The van der Waals surface area contributed by atoms with E-state index in [1.807, 2.05) is 16.3 Å². The Morgan fingerprint density at radius 2 is 1.98 bits per heavy atom. The van der Waals surface area contributed by atoms with Crippen LogP contribution >= 0.6 is 34.5 Å². The summed E-state index contributed by atoms with van der Waals surface area (Å²) in [5, 5.41) is 9.06. The molecule has 1 aliphatic carbocycles. The van der Waals surface area contributed by atoms with Crippen LogP contribution in [0, 0.1) is 4.91 Å². The molecule has 210 valence electrons. The van der Waals surface area contributed by atoms with E-state index in [-0.39, 0.29) is 31.1 Å². The predicted octanol–water partition coefficient (Wildman–Crippen LogP) is 5.65. The summed E-state index contributed by atoms with van der Waals surface area (Å²) in [6, 6.07) is 11.2. The fraction of sp³-hybridized carbons (Fsp3) is 0.393. The molecule has 1 saturated carbocycles. The van der Waals surface area contributed by atoms with Crippen LogP contribution in [0.2, 0.25) is 10.0 Å². The summed E-state index contributed by atoms with van der Waals surface area (Å²) < 4.78 is 0. The number of benzene rings is 2. The van der Waals surface area contributed by atoms with E-state index in [0.29, 0.717) is 39.0 Å². The van der Waals surface area contributed by atoms with E-state index in [1.54, 1.807) is 41.9 Å². The van der Waals surface area contributed by atoms with Crippen molar-refractivity contribution in [2.75, 3.05) is 13.1 Å². The highest BCUT2D eigenvalue weighted by atomic mass is 35.5. The Balaban J connectivity index is 1.58. The van der Waals surface area contributed by atoms with Gasteiger partial charge in [0, 0.05) is 39.6 Å². The van der Waals surface area contributed by atoms with E-state index in [4.69, 9.17) is 28.0 Å². The van der Waals surface area contributed by atoms with Crippen LogP contribution in [0.25, 0.3) is 0 Å². The highest BCUT2D eigenvalue weighted by Gasteiger charge is 2.49. The SMILES string of the molecule is O=NCCN[C@H]1CCCC[C@@H]1N1C(=O)c2ccccc2[C@@H](C(=O)NOCc2cscn2)[C@@H]1c1ccc(Cl)cc1Cl. The topological polar surface area (TPSA) is 113 Å². The third kappa shape index (κ3) is 6.06. The third-order valence-electron chi connectivity index (χ3n) is 7.51. The predicted molar refractivity (Wildman–Crippen MR) is 154 cm³/mol. The molecule has 4 atom stereocenters. The van der Waals surface area contributed by atoms with Crippen LogP contribution in [0.3, 0.4) is 0 Å². The van der Waals surface area contributed by atoms with E-state index in [2.05, 4.69) is 21.0 Å². The van der Waals surface area contributed by atoms with Crippen LogP contribution in [0.1, 0.15) is 64.8 Å². The number of hydrogen-bond donors (Lipinski definition) is 2. The van der Waals surface area contributed by atoms with E-state index in [9.17, 15) is 14.5 Å². The van der Waals surface area contributed by atoms with Gasteiger partial charge in [-0.25, -0.2) is 10.5 Å². The minimum absolute atomic E-state index is 0.0806. The molecule has 1 fully saturated rings. The summed E-state index contributed by atoms with van der Waals surface area (Å²) in [6.07, 6.45) is 3.47. The molecule has 1 aliphatic heterocycles. The first kappa shape index (κ1) is 28.6. The van der Waals surface area contributed by atoms with Gasteiger partial charge in [-0.05, 0) is 42.2 Å². The molecule has 3 aromatic rings. The molecule has 2 aromatic carbocycles. The first-order chi connectivity index (χ1) is 19.5. The normalized spacial score (nSPS) is 22.6. The number of amides is 2. The van der Waals surface area contributed by atoms with Gasteiger partial charge in [0.15, 0.2) is 0 Å². The second kappa shape index (κ2) is 13.2. The molecule has 2 amide bonds. The van der Waals surface area contributed by atoms with Crippen LogP contribution in [0.5, 0.6) is 0 Å². The lowest BCUT2D eigenvalue weighted by Gasteiger charge is -2.49. The third-order valence-corrected chi connectivity index (χ3v) is 8.71. The number of nitrogens with one attached hydrogen (secondary N) is 2. The van der Waals surface area contributed by atoms with E-state index in [1.165, 1.54) is 11.3 Å². The number of nitrogens with zero attached hydrogens (tertiary/aromatic N) is 3. The minimum Gasteiger partial charge on any atom is -0.326 e. The highest BCUT2D eigenvalue weighted by Crippen LogP contribution is 2.47. The number of carbonyl (C=O) groups excluding carboxylic acids is 2. The fourth-order valence-electron chi connectivity index (χ4n) is 5.80. The molecule has 0 bridgehead atoms. The van der Waals surface area contributed by atoms with Gasteiger partial charge in [0.2, 0.25) is 0 Å². The molecule has 0 unspecified atom stereocenters. The molecule has 9 nitrogen and oxygen atoms in total. The summed E-state index contributed by atoms with van der Waals surface area (Å²) in [4.78, 5) is 50.6. The Kier molecular flexibility index (Phi) is 9.44. The van der Waals surface area contributed by atoms with Crippen molar-refractivity contribution < 1.29 is 14.4 Å². The summed E-state index contributed by atoms with van der Waals surface area (Å²) in [5.74, 6) is -1.39. The Labute approximate surface area is 246 Å². The maximum atomic E-state index is 14.3. The van der Waals surface area contributed by atoms with Crippen LogP contribution in [0.15, 0.2) is 58.5 Å². The number of aromatic nitrogens is 1. The van der Waals surface area contributed by atoms with E-state index in [0.717, 1.165) is 25.7 Å². The second-order valence-electron chi connectivity index (χ2n) is 9.89. The molecule has 2 heterocycles. The Bertz CT molecular complexity index is 1360. The molecule has 40 heavy (non-hydrogen) atoms. The number of rotatable bonds is 10. The van der Waals surface area contributed by atoms with E-state index < -0.39 is 17.9 Å². The van der Waals surface area contributed by atoms with Gasteiger partial charge in [-0.1, -0.05) is 65.5 Å². The van der Waals surface area contributed by atoms with Crippen molar-refractivity contribution in [2.45, 2.75) is 56.3 Å². The number of nitroso groups, excluding NO2 is 1. The Morgan fingerprint density at radius 3 is 2.75 bits per heavy atom. The van der Waals surface area contributed by atoms with Crippen molar-refractivity contribution in [1.29, 1.82) is 0 Å². The molecule has 2 aliphatic rings. The molecular formula is C28H29Cl2N5O4S. The summed E-state index contributed by atoms with van der Waals surface area (Å²) >= 11 is 14.5. The maximum Gasteiger partial charge on any atom is 0.255 e. The van der Waals surface area contributed by atoms with Gasteiger partial charge >= 0.3 is 0 Å². The van der Waals surface area contributed by atoms with Gasteiger partial charge in [0.25, 0.3) is 11.8 Å². The highest BCUT2D eigenvalue weighted by molar-refractivity contribution is 7.07. The number of hydroxylamine groups is 1. The summed E-state index contributed by atoms with van der Waals surface area (Å²) in [6.45, 7) is 0.649. The molecule has 1 aromatic heterocycles. The first-order valence-electron chi connectivity index (χ1n) is 13.2. The van der Waals surface area contributed by atoms with Gasteiger partial charge < -0.3 is 10.2 Å². The lowest BCUT2D eigenvalue weighted by molar-refractivity contribution is -0.138. The minimum atomic E-state index is -0.817. The Hall–Kier alpha value is -2.89. The average molecular weight is 603 g/mol. The smallest absolute Gasteiger partial charge is 0.255 e. The summed E-state index contributed by atoms with van der Waals surface area (Å²) in [5.41, 5.74) is 6.68. The standard InChI is InChI=1S/C28H29Cl2N5O4S/c29-17-9-10-21(22(30)13-17)26-25(27(36)34-39-14-18-15-40-16-32-18)19-5-1-2-6-20(19)28(37)35(26)24-8-4-3-7-23(24)31-11-12-33-38/h1-2,5-6,9-10,13,15-16,23-26,31H,3-4,7-8,11-12,14H2,(H,34,36)/t23-,24-,25+,26-/m0/s1. The lowest BCUT2D eigenvalue weighted by Crippen LogP contribution is -2.58. The molecule has 12 heteroatoms. The maximum absolute atomic E-state index is 14.3. The van der Waals surface area contributed by atoms with Gasteiger partial charge in [0.05, 0.1) is 29.7 Å². The quantitative estimate of drug-likeness (QED) is 0.176. The fourth-order valence-corrected chi connectivity index (χ4v) is 6.87. The largest absolute Gasteiger partial charge is 0.326 e. The van der Waals surface area contributed by atoms with Crippen molar-refractivity contribution in [3.63, 3.8) is 0 Å². The first-order valence-corrected chi connectivity index (χ1v) is 14.9. The van der Waals surface area contributed by atoms with Crippen LogP contribution in [0.4, 0.5) is 0 Å². The van der Waals surface area contributed by atoms with Crippen molar-refractivity contribution >= 4 is 46.4 Å². The number of hydrogen-bond acceptors (Lipinski definition) is 8. The van der Waals surface area contributed by atoms with Crippen LogP contribution in [-0.4, -0.2) is 46.9 Å². The molecule has 0 radical (unpaired) electrons. The van der Waals surface area contributed by atoms with Crippen molar-refractivity contribution in [1.82, 2.24) is 20.7 Å². The van der Waals surface area contributed by atoms with Crippen LogP contribution in [-0.2, 0) is 16.2 Å². The molecular weight excluding hydrogens is 573 g/mol. The van der Waals surface area contributed by atoms with Gasteiger partial charge in [0.1, 0.15) is 6.61 Å². The number of halogens is 2. The Morgan fingerprint density at radius 1 is 1.15 bits per heavy atom. The molecule has 2 N–H and O–H groups in total. The van der Waals surface area contributed by atoms with Crippen molar-refractivity contribution in [3.05, 3.63) is 90.7 Å². The average Bonchev–Trinajstić information content (AvgIpc) is 3.47. The monoisotopic (exact) mass is 601 g/mol. The lowest BCUT2D eigenvalue weighted by atomic mass is 9.76. The van der Waals surface area contributed by atoms with Crippen molar-refractivity contribution in [3.8, 4) is 0 Å². The second-order valence-corrected chi connectivity index (χ2v) is 11.5. The van der Waals surface area contributed by atoms with Crippen molar-refractivity contribution in [2.24, 2.45) is 5.18 Å². The number of thiazole rings is 1. The molecule has 5 rings (SSSR count). The van der Waals surface area contributed by atoms with Gasteiger partial charge in [-0.3, -0.25) is 14.4 Å². The van der Waals surface area contributed by atoms with Crippen LogP contribution < -0.4 is 10.8 Å². The zero-order valence-electron chi connectivity index (χ0n) is 21.6. The zero-order chi connectivity index (χ0) is 28.1. The van der Waals surface area contributed by atoms with Gasteiger partial charge in [-0.2, -0.15) is 4.91 Å². The zero-order valence-corrected chi connectivity index (χ0v) is 23.9. The molecule has 0 saturated heterocycles. The van der Waals surface area contributed by atoms with Gasteiger partial charge in [-0.15, -0.1) is 11.3 Å². The number of fused-ring (bicyclic) bond motifs is 1. The number of carbonyl (C=O) groups is 2. The summed E-state index contributed by atoms with van der Waals surface area (Å²) in [7, 11) is 0. The molecule has 0 spiro atoms.